The van der Waals surface area contributed by atoms with Gasteiger partial charge in [-0.3, -0.25) is 14.2 Å². The van der Waals surface area contributed by atoms with E-state index >= 15 is 0 Å². The molecule has 1 fully saturated rings. The van der Waals surface area contributed by atoms with E-state index in [9.17, 15) is 14.4 Å². The highest BCUT2D eigenvalue weighted by Gasteiger charge is 2.41. The van der Waals surface area contributed by atoms with Crippen molar-refractivity contribution in [2.75, 3.05) is 7.11 Å². The van der Waals surface area contributed by atoms with Crippen molar-refractivity contribution in [3.63, 3.8) is 0 Å². The van der Waals surface area contributed by atoms with Gasteiger partial charge in [-0.2, -0.15) is 0 Å². The van der Waals surface area contributed by atoms with E-state index in [1.807, 2.05) is 6.07 Å². The van der Waals surface area contributed by atoms with E-state index in [2.05, 4.69) is 10.3 Å². The second kappa shape index (κ2) is 7.68. The average Bonchev–Trinajstić information content (AvgIpc) is 2.67. The number of fused-ring (bicyclic) bond motifs is 1. The number of benzene rings is 1. The number of hydrogen-bond acceptors (Lipinski definition) is 5. The van der Waals surface area contributed by atoms with E-state index in [0.29, 0.717) is 23.7 Å². The SMILES string of the molecule is COC(=O)C1(NC(=O)CCn2cnc3ccccc3c2=O)CCCCC1. The number of para-hydroxylation sites is 1. The van der Waals surface area contributed by atoms with Crippen LogP contribution in [0.25, 0.3) is 10.9 Å². The van der Waals surface area contributed by atoms with Gasteiger partial charge in [0.05, 0.1) is 24.3 Å². The minimum Gasteiger partial charge on any atom is -0.467 e. The minimum atomic E-state index is -0.934. The van der Waals surface area contributed by atoms with E-state index in [0.717, 1.165) is 19.3 Å². The molecule has 3 rings (SSSR count). The molecule has 1 aromatic heterocycles. The summed E-state index contributed by atoms with van der Waals surface area (Å²) < 4.78 is 6.33. The fourth-order valence-electron chi connectivity index (χ4n) is 3.55. The minimum absolute atomic E-state index is 0.0959. The molecule has 0 radical (unpaired) electrons. The number of aryl methyl sites for hydroxylation is 1. The Kier molecular flexibility index (Phi) is 5.35. The van der Waals surface area contributed by atoms with Crippen LogP contribution in [0.4, 0.5) is 0 Å². The van der Waals surface area contributed by atoms with Gasteiger partial charge in [-0.1, -0.05) is 31.4 Å². The van der Waals surface area contributed by atoms with Gasteiger partial charge in [-0.05, 0) is 25.0 Å². The van der Waals surface area contributed by atoms with Crippen LogP contribution in [0.15, 0.2) is 35.4 Å². The van der Waals surface area contributed by atoms with Crippen molar-refractivity contribution in [3.8, 4) is 0 Å². The number of carbonyl (C=O) groups excluding carboxylic acids is 2. The Bertz CT molecular complexity index is 868. The predicted molar refractivity (Wildman–Crippen MR) is 96.6 cm³/mol. The van der Waals surface area contributed by atoms with Crippen LogP contribution in [-0.4, -0.2) is 34.1 Å². The molecule has 1 amide bonds. The van der Waals surface area contributed by atoms with Crippen LogP contribution in [0.5, 0.6) is 0 Å². The summed E-state index contributed by atoms with van der Waals surface area (Å²) in [6, 6.07) is 7.10. The molecule has 0 bridgehead atoms. The van der Waals surface area contributed by atoms with Gasteiger partial charge in [0.15, 0.2) is 0 Å². The van der Waals surface area contributed by atoms with Crippen molar-refractivity contribution in [1.82, 2.24) is 14.9 Å². The van der Waals surface area contributed by atoms with Crippen LogP contribution in [0.2, 0.25) is 0 Å². The molecule has 138 valence electrons. The fourth-order valence-corrected chi connectivity index (χ4v) is 3.55. The van der Waals surface area contributed by atoms with E-state index in [1.54, 1.807) is 18.2 Å². The molecular formula is C19H23N3O4. The van der Waals surface area contributed by atoms with Gasteiger partial charge >= 0.3 is 5.97 Å². The molecule has 0 atom stereocenters. The third kappa shape index (κ3) is 3.61. The Hall–Kier alpha value is -2.70. The van der Waals surface area contributed by atoms with Crippen molar-refractivity contribution < 1.29 is 14.3 Å². The van der Waals surface area contributed by atoms with Crippen LogP contribution < -0.4 is 10.9 Å². The van der Waals surface area contributed by atoms with Crippen molar-refractivity contribution >= 4 is 22.8 Å². The number of amides is 1. The topological polar surface area (TPSA) is 90.3 Å². The van der Waals surface area contributed by atoms with Gasteiger partial charge in [-0.25, -0.2) is 9.78 Å². The van der Waals surface area contributed by atoms with Crippen LogP contribution in [-0.2, 0) is 20.9 Å². The highest BCUT2D eigenvalue weighted by molar-refractivity contribution is 5.88. The first kappa shape index (κ1) is 18.1. The first-order valence-corrected chi connectivity index (χ1v) is 8.89. The largest absolute Gasteiger partial charge is 0.467 e. The maximum Gasteiger partial charge on any atom is 0.331 e. The molecule has 1 saturated carbocycles. The van der Waals surface area contributed by atoms with Gasteiger partial charge in [0.25, 0.3) is 5.56 Å². The van der Waals surface area contributed by atoms with Crippen LogP contribution >= 0.6 is 0 Å². The molecule has 0 spiro atoms. The van der Waals surface area contributed by atoms with Gasteiger partial charge in [0.1, 0.15) is 5.54 Å². The summed E-state index contributed by atoms with van der Waals surface area (Å²) in [6.45, 7) is 0.208. The van der Waals surface area contributed by atoms with Crippen molar-refractivity contribution in [2.24, 2.45) is 0 Å². The van der Waals surface area contributed by atoms with E-state index in [1.165, 1.54) is 18.0 Å². The summed E-state index contributed by atoms with van der Waals surface area (Å²) in [5.41, 5.74) is -0.481. The number of methoxy groups -OCH3 is 1. The summed E-state index contributed by atoms with van der Waals surface area (Å²) >= 11 is 0. The Morgan fingerprint density at radius 3 is 2.69 bits per heavy atom. The third-order valence-electron chi connectivity index (χ3n) is 4.97. The molecule has 0 saturated heterocycles. The van der Waals surface area contributed by atoms with Crippen LogP contribution in [0.1, 0.15) is 38.5 Å². The monoisotopic (exact) mass is 357 g/mol. The van der Waals surface area contributed by atoms with Crippen LogP contribution in [0, 0.1) is 0 Å². The molecule has 7 nitrogen and oxygen atoms in total. The van der Waals surface area contributed by atoms with E-state index < -0.39 is 11.5 Å². The van der Waals surface area contributed by atoms with Gasteiger partial charge in [0, 0.05) is 13.0 Å². The Labute approximate surface area is 151 Å². The molecule has 26 heavy (non-hydrogen) atoms. The molecule has 7 heteroatoms. The highest BCUT2D eigenvalue weighted by Crippen LogP contribution is 2.29. The number of esters is 1. The zero-order valence-electron chi connectivity index (χ0n) is 14.9. The average molecular weight is 357 g/mol. The zero-order chi connectivity index (χ0) is 18.6. The number of ether oxygens (including phenoxy) is 1. The van der Waals surface area contributed by atoms with E-state index in [-0.39, 0.29) is 24.4 Å². The Morgan fingerprint density at radius 1 is 1.23 bits per heavy atom. The summed E-state index contributed by atoms with van der Waals surface area (Å²) in [4.78, 5) is 41.3. The number of rotatable bonds is 5. The van der Waals surface area contributed by atoms with Gasteiger partial charge < -0.3 is 10.1 Å². The maximum absolute atomic E-state index is 12.5. The van der Waals surface area contributed by atoms with Gasteiger partial charge in [0.2, 0.25) is 5.91 Å². The molecule has 2 aromatic rings. The Balaban J connectivity index is 1.69. The lowest BCUT2D eigenvalue weighted by Crippen LogP contribution is -2.56. The molecule has 1 heterocycles. The molecule has 1 N–H and O–H groups in total. The zero-order valence-corrected chi connectivity index (χ0v) is 14.9. The number of aromatic nitrogens is 2. The summed E-state index contributed by atoms with van der Waals surface area (Å²) in [5.74, 6) is -0.660. The third-order valence-corrected chi connectivity index (χ3v) is 4.97. The van der Waals surface area contributed by atoms with Crippen molar-refractivity contribution in [3.05, 3.63) is 40.9 Å². The fraction of sp³-hybridized carbons (Fsp3) is 0.474. The maximum atomic E-state index is 12.5. The first-order chi connectivity index (χ1) is 12.6. The molecule has 1 aliphatic rings. The second-order valence-corrected chi connectivity index (χ2v) is 6.69. The van der Waals surface area contributed by atoms with Crippen molar-refractivity contribution in [1.29, 1.82) is 0 Å². The lowest BCUT2D eigenvalue weighted by Gasteiger charge is -2.35. The first-order valence-electron chi connectivity index (χ1n) is 8.89. The standard InChI is InChI=1S/C19H23N3O4/c1-26-18(25)19(10-5-2-6-11-19)21-16(23)9-12-22-13-20-15-8-4-3-7-14(15)17(22)24/h3-4,7-8,13H,2,5-6,9-12H2,1H3,(H,21,23). The van der Waals surface area contributed by atoms with Gasteiger partial charge in [-0.15, -0.1) is 0 Å². The normalized spacial score (nSPS) is 16.2. The number of nitrogens with zero attached hydrogens (tertiary/aromatic N) is 2. The second-order valence-electron chi connectivity index (χ2n) is 6.69. The van der Waals surface area contributed by atoms with E-state index in [4.69, 9.17) is 4.74 Å². The number of hydrogen-bond donors (Lipinski definition) is 1. The molecular weight excluding hydrogens is 334 g/mol. The molecule has 0 unspecified atom stereocenters. The summed E-state index contributed by atoms with van der Waals surface area (Å²) in [7, 11) is 1.34. The number of carbonyl (C=O) groups is 2. The predicted octanol–water partition coefficient (Wildman–Crippen LogP) is 1.78. The Morgan fingerprint density at radius 2 is 1.96 bits per heavy atom. The summed E-state index contributed by atoms with van der Waals surface area (Å²) in [6.07, 6.45) is 5.53. The molecule has 1 aliphatic carbocycles. The molecule has 1 aromatic carbocycles. The lowest BCUT2D eigenvalue weighted by atomic mass is 9.81. The highest BCUT2D eigenvalue weighted by atomic mass is 16.5. The lowest BCUT2D eigenvalue weighted by molar-refractivity contribution is -0.152. The summed E-state index contributed by atoms with van der Waals surface area (Å²) in [5, 5.41) is 3.38. The van der Waals surface area contributed by atoms with Crippen molar-refractivity contribution in [2.45, 2.75) is 50.6 Å². The quantitative estimate of drug-likeness (QED) is 0.824. The van der Waals surface area contributed by atoms with Crippen LogP contribution in [0.3, 0.4) is 0 Å². The molecule has 0 aliphatic heterocycles. The smallest absolute Gasteiger partial charge is 0.331 e. The number of nitrogens with one attached hydrogen (secondary N) is 1.